The van der Waals surface area contributed by atoms with Crippen LogP contribution in [-0.2, 0) is 0 Å². The largest absolute Gasteiger partial charge is 0.391 e. The third-order valence-corrected chi connectivity index (χ3v) is 4.01. The Bertz CT molecular complexity index is 850. The summed E-state index contributed by atoms with van der Waals surface area (Å²) in [6.07, 6.45) is 2.10. The van der Waals surface area contributed by atoms with Crippen LogP contribution in [0.5, 0.6) is 0 Å². The highest BCUT2D eigenvalue weighted by Crippen LogP contribution is 2.26. The van der Waals surface area contributed by atoms with E-state index in [1.807, 2.05) is 11.0 Å². The summed E-state index contributed by atoms with van der Waals surface area (Å²) >= 11 is 0. The smallest absolute Gasteiger partial charge is 0.258 e. The summed E-state index contributed by atoms with van der Waals surface area (Å²) in [5, 5.41) is 13.6. The van der Waals surface area contributed by atoms with E-state index in [0.717, 1.165) is 24.3 Å². The average molecular weight is 326 g/mol. The molecule has 122 valence electrons. The van der Waals surface area contributed by atoms with E-state index in [9.17, 15) is 9.50 Å². The van der Waals surface area contributed by atoms with Crippen LogP contribution < -0.4 is 4.90 Å². The second kappa shape index (κ2) is 6.01. The molecule has 24 heavy (non-hydrogen) atoms. The number of aliphatic hydroxyl groups excluding tert-OH is 1. The van der Waals surface area contributed by atoms with Crippen molar-refractivity contribution in [2.24, 2.45) is 0 Å². The number of anilines is 1. The van der Waals surface area contributed by atoms with Crippen LogP contribution in [0.4, 0.5) is 10.2 Å². The first kappa shape index (κ1) is 14.8. The fourth-order valence-corrected chi connectivity index (χ4v) is 2.73. The highest BCUT2D eigenvalue weighted by atomic mass is 19.1. The van der Waals surface area contributed by atoms with Gasteiger partial charge in [0.15, 0.2) is 0 Å². The van der Waals surface area contributed by atoms with E-state index in [1.54, 1.807) is 24.4 Å². The Kier molecular flexibility index (Phi) is 3.70. The predicted molar refractivity (Wildman–Crippen MR) is 85.8 cm³/mol. The zero-order valence-electron chi connectivity index (χ0n) is 12.8. The van der Waals surface area contributed by atoms with Gasteiger partial charge in [0.05, 0.1) is 6.10 Å². The van der Waals surface area contributed by atoms with Gasteiger partial charge in [-0.25, -0.2) is 9.37 Å². The average Bonchev–Trinajstić information content (AvgIpc) is 3.25. The Morgan fingerprint density at radius 1 is 1.17 bits per heavy atom. The molecule has 3 heterocycles. The van der Waals surface area contributed by atoms with Gasteiger partial charge in [0.1, 0.15) is 11.6 Å². The normalized spacial score (nSPS) is 17.4. The minimum atomic E-state index is -0.316. The van der Waals surface area contributed by atoms with E-state index in [1.165, 1.54) is 12.1 Å². The highest BCUT2D eigenvalue weighted by Gasteiger charge is 2.22. The van der Waals surface area contributed by atoms with Crippen molar-refractivity contribution in [3.05, 3.63) is 48.4 Å². The molecule has 0 aliphatic carbocycles. The first-order valence-corrected chi connectivity index (χ1v) is 7.68. The van der Waals surface area contributed by atoms with Gasteiger partial charge in [-0.3, -0.25) is 0 Å². The number of β-amino-alcohol motifs (C(OH)–C–C–N with tert-alkyl or cyclic N) is 1. The molecule has 0 amide bonds. The van der Waals surface area contributed by atoms with Gasteiger partial charge in [0.2, 0.25) is 5.82 Å². The standard InChI is InChI=1S/C17H15FN4O2/c18-13-3-1-11(2-4-13)16-20-17(24-21-16)12-5-7-19-15(9-12)22-8-6-14(23)10-22/h1-5,7,9,14,23H,6,8,10H2. The molecule has 1 aliphatic heterocycles. The molecule has 1 atom stereocenters. The SMILES string of the molecule is OC1CCN(c2cc(-c3nc(-c4ccc(F)cc4)no3)ccn2)C1. The maximum atomic E-state index is 13.0. The van der Waals surface area contributed by atoms with E-state index < -0.39 is 0 Å². The molecule has 0 radical (unpaired) electrons. The molecule has 6 nitrogen and oxygen atoms in total. The lowest BCUT2D eigenvalue weighted by molar-refractivity contribution is 0.198. The lowest BCUT2D eigenvalue weighted by atomic mass is 10.2. The van der Waals surface area contributed by atoms with Crippen LogP contribution in [0.15, 0.2) is 47.1 Å². The van der Waals surface area contributed by atoms with Crippen LogP contribution in [0.25, 0.3) is 22.8 Å². The van der Waals surface area contributed by atoms with Gasteiger partial charge in [-0.15, -0.1) is 0 Å². The molecule has 1 saturated heterocycles. The number of pyridine rings is 1. The van der Waals surface area contributed by atoms with Crippen molar-refractivity contribution in [1.82, 2.24) is 15.1 Å². The van der Waals surface area contributed by atoms with Crippen LogP contribution >= 0.6 is 0 Å². The third kappa shape index (κ3) is 2.85. The number of hydrogen-bond donors (Lipinski definition) is 1. The molecular formula is C17H15FN4O2. The summed E-state index contributed by atoms with van der Waals surface area (Å²) in [6, 6.07) is 9.57. The lowest BCUT2D eigenvalue weighted by Gasteiger charge is -2.16. The van der Waals surface area contributed by atoms with E-state index in [4.69, 9.17) is 4.52 Å². The summed E-state index contributed by atoms with van der Waals surface area (Å²) < 4.78 is 18.3. The molecule has 7 heteroatoms. The fraction of sp³-hybridized carbons (Fsp3) is 0.235. The summed E-state index contributed by atoms with van der Waals surface area (Å²) in [5.74, 6) is 1.23. The highest BCUT2D eigenvalue weighted by molar-refractivity contribution is 5.62. The number of aromatic nitrogens is 3. The van der Waals surface area contributed by atoms with Crippen molar-refractivity contribution < 1.29 is 14.0 Å². The van der Waals surface area contributed by atoms with Crippen LogP contribution in [-0.4, -0.2) is 39.4 Å². The zero-order chi connectivity index (χ0) is 16.5. The molecule has 4 rings (SSSR count). The molecule has 3 aromatic rings. The van der Waals surface area contributed by atoms with E-state index in [-0.39, 0.29) is 11.9 Å². The first-order valence-electron chi connectivity index (χ1n) is 7.68. The maximum absolute atomic E-state index is 13.0. The van der Waals surface area contributed by atoms with Gasteiger partial charge in [0.25, 0.3) is 5.89 Å². The zero-order valence-corrected chi connectivity index (χ0v) is 12.8. The van der Waals surface area contributed by atoms with Gasteiger partial charge >= 0.3 is 0 Å². The third-order valence-electron chi connectivity index (χ3n) is 4.01. The van der Waals surface area contributed by atoms with E-state index in [0.29, 0.717) is 23.8 Å². The monoisotopic (exact) mass is 326 g/mol. The van der Waals surface area contributed by atoms with E-state index >= 15 is 0 Å². The summed E-state index contributed by atoms with van der Waals surface area (Å²) in [7, 11) is 0. The predicted octanol–water partition coefficient (Wildman–Crippen LogP) is 2.51. The Hall–Kier alpha value is -2.80. The van der Waals surface area contributed by atoms with Crippen LogP contribution in [0.1, 0.15) is 6.42 Å². The second-order valence-electron chi connectivity index (χ2n) is 5.72. The van der Waals surface area contributed by atoms with Crippen molar-refractivity contribution in [3.63, 3.8) is 0 Å². The van der Waals surface area contributed by atoms with Gasteiger partial charge in [-0.1, -0.05) is 5.16 Å². The number of hydrogen-bond acceptors (Lipinski definition) is 6. The molecule has 0 spiro atoms. The van der Waals surface area contributed by atoms with Crippen LogP contribution in [0.2, 0.25) is 0 Å². The number of halogens is 1. The number of aliphatic hydroxyl groups is 1. The van der Waals surface area contributed by atoms with Crippen LogP contribution in [0.3, 0.4) is 0 Å². The van der Waals surface area contributed by atoms with Crippen molar-refractivity contribution >= 4 is 5.82 Å². The summed E-state index contributed by atoms with van der Waals surface area (Å²) in [4.78, 5) is 10.7. The van der Waals surface area contributed by atoms with Gasteiger partial charge in [0, 0.05) is 30.4 Å². The molecular weight excluding hydrogens is 311 g/mol. The minimum Gasteiger partial charge on any atom is -0.391 e. The number of rotatable bonds is 3. The Balaban J connectivity index is 1.61. The van der Waals surface area contributed by atoms with Crippen molar-refractivity contribution in [3.8, 4) is 22.8 Å². The van der Waals surface area contributed by atoms with Gasteiger partial charge < -0.3 is 14.5 Å². The summed E-state index contributed by atoms with van der Waals surface area (Å²) in [5.41, 5.74) is 1.44. The first-order chi connectivity index (χ1) is 11.7. The molecule has 1 N–H and O–H groups in total. The lowest BCUT2D eigenvalue weighted by Crippen LogP contribution is -2.22. The summed E-state index contributed by atoms with van der Waals surface area (Å²) in [6.45, 7) is 1.34. The quantitative estimate of drug-likeness (QED) is 0.797. The van der Waals surface area contributed by atoms with Gasteiger partial charge in [-0.2, -0.15) is 4.98 Å². The fourth-order valence-electron chi connectivity index (χ4n) is 2.73. The number of nitrogens with zero attached hydrogens (tertiary/aromatic N) is 4. The van der Waals surface area contributed by atoms with Crippen LogP contribution in [0, 0.1) is 5.82 Å². The molecule has 2 aromatic heterocycles. The van der Waals surface area contributed by atoms with Gasteiger partial charge in [-0.05, 0) is 42.8 Å². The molecule has 1 aromatic carbocycles. The molecule has 0 saturated carbocycles. The second-order valence-corrected chi connectivity index (χ2v) is 5.72. The van der Waals surface area contributed by atoms with Crippen molar-refractivity contribution in [2.75, 3.05) is 18.0 Å². The Morgan fingerprint density at radius 3 is 2.75 bits per heavy atom. The maximum Gasteiger partial charge on any atom is 0.258 e. The Labute approximate surface area is 137 Å². The molecule has 0 bridgehead atoms. The molecule has 1 fully saturated rings. The number of benzene rings is 1. The topological polar surface area (TPSA) is 75.3 Å². The van der Waals surface area contributed by atoms with Crippen molar-refractivity contribution in [2.45, 2.75) is 12.5 Å². The molecule has 1 unspecified atom stereocenters. The van der Waals surface area contributed by atoms with Crippen molar-refractivity contribution in [1.29, 1.82) is 0 Å². The molecule has 1 aliphatic rings. The van der Waals surface area contributed by atoms with E-state index in [2.05, 4.69) is 15.1 Å². The minimum absolute atomic E-state index is 0.311. The Morgan fingerprint density at radius 2 is 2.00 bits per heavy atom.